The standard InChI is InChI=1S/C17H13BrClNO3/c1-21-16-5-3-2-4-13(16)15-9-12(23-20-15)10-22-17-7-6-11(19)8-14(17)18/h2-9H,10H2,1H3. The summed E-state index contributed by atoms with van der Waals surface area (Å²) in [6.07, 6.45) is 0. The van der Waals surface area contributed by atoms with Crippen molar-refractivity contribution in [3.05, 3.63) is 63.8 Å². The molecule has 0 aliphatic carbocycles. The first kappa shape index (κ1) is 15.9. The van der Waals surface area contributed by atoms with Crippen LogP contribution in [0.15, 0.2) is 57.5 Å². The third-order valence-electron chi connectivity index (χ3n) is 3.21. The molecule has 0 N–H and O–H groups in total. The second-order valence-electron chi connectivity index (χ2n) is 4.74. The van der Waals surface area contributed by atoms with E-state index in [4.69, 9.17) is 25.6 Å². The van der Waals surface area contributed by atoms with Crippen molar-refractivity contribution < 1.29 is 14.0 Å². The molecule has 3 rings (SSSR count). The summed E-state index contributed by atoms with van der Waals surface area (Å²) in [4.78, 5) is 0. The lowest BCUT2D eigenvalue weighted by molar-refractivity contribution is 0.248. The molecule has 0 atom stereocenters. The van der Waals surface area contributed by atoms with Crippen molar-refractivity contribution in [1.29, 1.82) is 0 Å². The Hall–Kier alpha value is -1.98. The van der Waals surface area contributed by atoms with Gasteiger partial charge in [0, 0.05) is 16.7 Å². The number of ether oxygens (including phenoxy) is 2. The lowest BCUT2D eigenvalue weighted by atomic mass is 10.1. The van der Waals surface area contributed by atoms with Crippen molar-refractivity contribution in [3.63, 3.8) is 0 Å². The summed E-state index contributed by atoms with van der Waals surface area (Å²) in [7, 11) is 1.63. The maximum Gasteiger partial charge on any atom is 0.174 e. The molecule has 6 heteroatoms. The molecule has 0 aliphatic heterocycles. The molecule has 0 spiro atoms. The van der Waals surface area contributed by atoms with Crippen molar-refractivity contribution in [2.45, 2.75) is 6.61 Å². The number of halogens is 2. The van der Waals surface area contributed by atoms with Crippen LogP contribution in [0.3, 0.4) is 0 Å². The van der Waals surface area contributed by atoms with E-state index in [1.54, 1.807) is 25.3 Å². The predicted octanol–water partition coefficient (Wildman–Crippen LogP) is 5.35. The molecule has 23 heavy (non-hydrogen) atoms. The number of para-hydroxylation sites is 1. The fourth-order valence-corrected chi connectivity index (χ4v) is 2.90. The van der Waals surface area contributed by atoms with Crippen molar-refractivity contribution in [2.24, 2.45) is 0 Å². The Morgan fingerprint density at radius 3 is 2.74 bits per heavy atom. The van der Waals surface area contributed by atoms with Crippen molar-refractivity contribution in [2.75, 3.05) is 7.11 Å². The zero-order valence-electron chi connectivity index (χ0n) is 12.3. The number of methoxy groups -OCH3 is 1. The molecule has 3 aromatic rings. The topological polar surface area (TPSA) is 44.5 Å². The number of aromatic nitrogens is 1. The van der Waals surface area contributed by atoms with Gasteiger partial charge < -0.3 is 14.0 Å². The molecule has 0 bridgehead atoms. The third kappa shape index (κ3) is 3.68. The molecular formula is C17H13BrClNO3. The van der Waals surface area contributed by atoms with Crippen LogP contribution in [0.1, 0.15) is 5.76 Å². The largest absolute Gasteiger partial charge is 0.496 e. The zero-order valence-corrected chi connectivity index (χ0v) is 14.6. The van der Waals surface area contributed by atoms with Crippen LogP contribution in [0.5, 0.6) is 11.5 Å². The Morgan fingerprint density at radius 2 is 1.96 bits per heavy atom. The van der Waals surface area contributed by atoms with Gasteiger partial charge >= 0.3 is 0 Å². The zero-order chi connectivity index (χ0) is 16.2. The molecule has 0 radical (unpaired) electrons. The average Bonchev–Trinajstić information content (AvgIpc) is 3.03. The number of rotatable bonds is 5. The van der Waals surface area contributed by atoms with Crippen LogP contribution in [-0.4, -0.2) is 12.3 Å². The SMILES string of the molecule is COc1ccccc1-c1cc(COc2ccc(Cl)cc2Br)on1. The van der Waals surface area contributed by atoms with Crippen LogP contribution < -0.4 is 9.47 Å². The van der Waals surface area contributed by atoms with Gasteiger partial charge in [-0.25, -0.2) is 0 Å². The maximum atomic E-state index is 5.91. The predicted molar refractivity (Wildman–Crippen MR) is 92.0 cm³/mol. The van der Waals surface area contributed by atoms with Crippen LogP contribution >= 0.6 is 27.5 Å². The van der Waals surface area contributed by atoms with E-state index in [1.165, 1.54) is 0 Å². The van der Waals surface area contributed by atoms with Crippen LogP contribution in [0.4, 0.5) is 0 Å². The van der Waals surface area contributed by atoms with Gasteiger partial charge in [0.1, 0.15) is 23.8 Å². The second kappa shape index (κ2) is 7.06. The Kier molecular flexibility index (Phi) is 4.88. The highest BCUT2D eigenvalue weighted by Gasteiger charge is 2.12. The van der Waals surface area contributed by atoms with Crippen molar-refractivity contribution in [3.8, 4) is 22.8 Å². The Balaban J connectivity index is 1.75. The van der Waals surface area contributed by atoms with E-state index in [0.29, 0.717) is 22.2 Å². The van der Waals surface area contributed by atoms with Gasteiger partial charge in [-0.15, -0.1) is 0 Å². The van der Waals surface area contributed by atoms with Gasteiger partial charge in [0.2, 0.25) is 0 Å². The quantitative estimate of drug-likeness (QED) is 0.585. The fraction of sp³-hybridized carbons (Fsp3) is 0.118. The van der Waals surface area contributed by atoms with E-state index in [9.17, 15) is 0 Å². The normalized spacial score (nSPS) is 10.6. The summed E-state index contributed by atoms with van der Waals surface area (Å²) in [6, 6.07) is 14.8. The van der Waals surface area contributed by atoms with Crippen LogP contribution in [0.2, 0.25) is 5.02 Å². The molecule has 1 aromatic heterocycles. The molecule has 0 aliphatic rings. The molecule has 0 saturated carbocycles. The lowest BCUT2D eigenvalue weighted by Gasteiger charge is -2.06. The van der Waals surface area contributed by atoms with E-state index in [0.717, 1.165) is 15.8 Å². The minimum Gasteiger partial charge on any atom is -0.496 e. The molecule has 0 fully saturated rings. The first-order chi connectivity index (χ1) is 11.2. The van der Waals surface area contributed by atoms with Gasteiger partial charge in [-0.2, -0.15) is 0 Å². The van der Waals surface area contributed by atoms with Crippen LogP contribution in [0.25, 0.3) is 11.3 Å². The third-order valence-corrected chi connectivity index (χ3v) is 4.06. The Morgan fingerprint density at radius 1 is 1.13 bits per heavy atom. The van der Waals surface area contributed by atoms with Crippen LogP contribution in [0, 0.1) is 0 Å². The summed E-state index contributed by atoms with van der Waals surface area (Å²) in [5, 5.41) is 4.72. The Labute approximate surface area is 147 Å². The summed E-state index contributed by atoms with van der Waals surface area (Å²) in [5.74, 6) is 2.05. The van der Waals surface area contributed by atoms with E-state index < -0.39 is 0 Å². The second-order valence-corrected chi connectivity index (χ2v) is 6.03. The highest BCUT2D eigenvalue weighted by molar-refractivity contribution is 9.10. The van der Waals surface area contributed by atoms with E-state index in [1.807, 2.05) is 30.3 Å². The molecule has 0 unspecified atom stereocenters. The molecule has 2 aromatic carbocycles. The average molecular weight is 395 g/mol. The first-order valence-electron chi connectivity index (χ1n) is 6.84. The minimum atomic E-state index is 0.266. The lowest BCUT2D eigenvalue weighted by Crippen LogP contribution is -1.94. The highest BCUT2D eigenvalue weighted by Crippen LogP contribution is 2.31. The van der Waals surface area contributed by atoms with Gasteiger partial charge in [0.25, 0.3) is 0 Å². The van der Waals surface area contributed by atoms with Gasteiger partial charge in [0.15, 0.2) is 5.76 Å². The first-order valence-corrected chi connectivity index (χ1v) is 8.01. The molecule has 4 nitrogen and oxygen atoms in total. The van der Waals surface area contributed by atoms with E-state index in [-0.39, 0.29) is 6.61 Å². The molecule has 118 valence electrons. The Bertz CT molecular complexity index is 819. The monoisotopic (exact) mass is 393 g/mol. The summed E-state index contributed by atoms with van der Waals surface area (Å²) < 4.78 is 17.2. The smallest absolute Gasteiger partial charge is 0.174 e. The summed E-state index contributed by atoms with van der Waals surface area (Å²) in [6.45, 7) is 0.266. The van der Waals surface area contributed by atoms with Gasteiger partial charge in [-0.3, -0.25) is 0 Å². The molecule has 1 heterocycles. The summed E-state index contributed by atoms with van der Waals surface area (Å²) >= 11 is 9.32. The number of hydrogen-bond donors (Lipinski definition) is 0. The molecule has 0 saturated heterocycles. The van der Waals surface area contributed by atoms with E-state index in [2.05, 4.69) is 21.1 Å². The molecule has 0 amide bonds. The minimum absolute atomic E-state index is 0.266. The highest BCUT2D eigenvalue weighted by atomic mass is 79.9. The fourth-order valence-electron chi connectivity index (χ4n) is 2.11. The number of nitrogens with zero attached hydrogens (tertiary/aromatic N) is 1. The molecular weight excluding hydrogens is 382 g/mol. The number of benzene rings is 2. The van der Waals surface area contributed by atoms with Gasteiger partial charge in [-0.05, 0) is 46.3 Å². The van der Waals surface area contributed by atoms with Gasteiger partial charge in [0.05, 0.1) is 11.6 Å². The maximum absolute atomic E-state index is 5.91. The van der Waals surface area contributed by atoms with Crippen LogP contribution in [-0.2, 0) is 6.61 Å². The van der Waals surface area contributed by atoms with Crippen molar-refractivity contribution >= 4 is 27.5 Å². The van der Waals surface area contributed by atoms with Crippen molar-refractivity contribution in [1.82, 2.24) is 5.16 Å². The number of hydrogen-bond acceptors (Lipinski definition) is 4. The van der Waals surface area contributed by atoms with E-state index >= 15 is 0 Å². The van der Waals surface area contributed by atoms with Gasteiger partial charge in [-0.1, -0.05) is 28.9 Å². The summed E-state index contributed by atoms with van der Waals surface area (Å²) in [5.41, 5.74) is 1.58.